The van der Waals surface area contributed by atoms with Crippen molar-refractivity contribution in [2.75, 3.05) is 60.0 Å². The molecule has 0 spiro atoms. The molecule has 1 aliphatic heterocycles. The van der Waals surface area contributed by atoms with Gasteiger partial charge in [0.2, 0.25) is 5.91 Å². The molecule has 3 rings (SSSR count). The molecular weight excluding hydrogens is 519 g/mol. The fraction of sp³-hybridized carbons (Fsp3) is 0.435. The summed E-state index contributed by atoms with van der Waals surface area (Å²) in [5, 5.41) is 6.34. The number of methoxy groups -OCH3 is 1. The van der Waals surface area contributed by atoms with Crippen LogP contribution in [0, 0.1) is 0 Å². The predicted octanol–water partition coefficient (Wildman–Crippen LogP) is 1.82. The quantitative estimate of drug-likeness (QED) is 0.225. The molecule has 32 heavy (non-hydrogen) atoms. The van der Waals surface area contributed by atoms with Crippen LogP contribution in [0.3, 0.4) is 0 Å². The molecule has 8 nitrogen and oxygen atoms in total. The summed E-state index contributed by atoms with van der Waals surface area (Å²) in [6, 6.07) is 14.3. The van der Waals surface area contributed by atoms with Crippen LogP contribution in [-0.2, 0) is 16.1 Å². The highest BCUT2D eigenvalue weighted by Gasteiger charge is 2.21. The number of piperazine rings is 1. The first-order valence-electron chi connectivity index (χ1n) is 10.6. The SMILES string of the molecule is CN=C(NCc1cccc(-c2ccccn2)c1)N1CCN(CC(=O)NCCOC)CC1.I. The van der Waals surface area contributed by atoms with Crippen LogP contribution in [-0.4, -0.2) is 86.7 Å². The zero-order valence-corrected chi connectivity index (χ0v) is 21.1. The van der Waals surface area contributed by atoms with E-state index < -0.39 is 0 Å². The number of carbonyl (C=O) groups excluding carboxylic acids is 1. The number of halogens is 1. The van der Waals surface area contributed by atoms with Crippen LogP contribution in [0.1, 0.15) is 5.56 Å². The Morgan fingerprint density at radius 2 is 1.94 bits per heavy atom. The second-order valence-corrected chi connectivity index (χ2v) is 7.42. The monoisotopic (exact) mass is 552 g/mol. The molecule has 0 atom stereocenters. The highest BCUT2D eigenvalue weighted by atomic mass is 127. The van der Waals surface area contributed by atoms with E-state index in [9.17, 15) is 4.79 Å². The van der Waals surface area contributed by atoms with Crippen molar-refractivity contribution in [1.29, 1.82) is 0 Å². The molecule has 0 radical (unpaired) electrons. The summed E-state index contributed by atoms with van der Waals surface area (Å²) in [6.07, 6.45) is 1.81. The van der Waals surface area contributed by atoms with Gasteiger partial charge in [-0.1, -0.05) is 24.3 Å². The number of hydrogen-bond donors (Lipinski definition) is 2. The van der Waals surface area contributed by atoms with Crippen molar-refractivity contribution in [2.24, 2.45) is 4.99 Å². The average Bonchev–Trinajstić information content (AvgIpc) is 2.81. The third-order valence-electron chi connectivity index (χ3n) is 5.22. The second-order valence-electron chi connectivity index (χ2n) is 7.42. The molecule has 1 aromatic heterocycles. The van der Waals surface area contributed by atoms with Crippen molar-refractivity contribution in [3.63, 3.8) is 0 Å². The van der Waals surface area contributed by atoms with Gasteiger partial charge in [-0.3, -0.25) is 19.7 Å². The number of carbonyl (C=O) groups is 1. The second kappa shape index (κ2) is 14.0. The highest BCUT2D eigenvalue weighted by molar-refractivity contribution is 14.0. The highest BCUT2D eigenvalue weighted by Crippen LogP contribution is 2.17. The Labute approximate surface area is 207 Å². The van der Waals surface area contributed by atoms with Crippen LogP contribution in [0.15, 0.2) is 53.7 Å². The molecule has 1 aliphatic rings. The van der Waals surface area contributed by atoms with Gasteiger partial charge in [0.15, 0.2) is 5.96 Å². The molecule has 1 aromatic carbocycles. The van der Waals surface area contributed by atoms with Gasteiger partial charge in [-0.2, -0.15) is 0 Å². The number of nitrogens with one attached hydrogen (secondary N) is 2. The Kier molecular flexibility index (Phi) is 11.4. The maximum absolute atomic E-state index is 12.0. The molecule has 2 heterocycles. The molecule has 2 N–H and O–H groups in total. The van der Waals surface area contributed by atoms with Crippen molar-refractivity contribution in [1.82, 2.24) is 25.4 Å². The fourth-order valence-electron chi connectivity index (χ4n) is 3.56. The zero-order valence-electron chi connectivity index (χ0n) is 18.8. The van der Waals surface area contributed by atoms with Gasteiger partial charge in [0.25, 0.3) is 0 Å². The van der Waals surface area contributed by atoms with E-state index >= 15 is 0 Å². The Bertz CT molecular complexity index is 857. The third kappa shape index (κ3) is 8.03. The number of aliphatic imine (C=N–C) groups is 1. The van der Waals surface area contributed by atoms with Crippen LogP contribution in [0.5, 0.6) is 0 Å². The first kappa shape index (κ1) is 26.0. The maximum Gasteiger partial charge on any atom is 0.234 e. The molecule has 0 aliphatic carbocycles. The van der Waals surface area contributed by atoms with Gasteiger partial charge in [0.1, 0.15) is 0 Å². The number of hydrogen-bond acceptors (Lipinski definition) is 5. The van der Waals surface area contributed by atoms with Crippen molar-refractivity contribution >= 4 is 35.8 Å². The van der Waals surface area contributed by atoms with Gasteiger partial charge < -0.3 is 20.3 Å². The zero-order chi connectivity index (χ0) is 21.9. The summed E-state index contributed by atoms with van der Waals surface area (Å²) < 4.78 is 4.96. The molecule has 0 bridgehead atoms. The van der Waals surface area contributed by atoms with E-state index in [2.05, 4.69) is 54.7 Å². The van der Waals surface area contributed by atoms with Crippen LogP contribution >= 0.6 is 24.0 Å². The minimum atomic E-state index is 0. The van der Waals surface area contributed by atoms with E-state index in [-0.39, 0.29) is 29.9 Å². The standard InChI is InChI=1S/C23H32N6O2.HI/c1-24-23(29-13-11-28(12-14-29)18-22(30)26-10-15-31-2)27-17-19-6-5-7-20(16-19)21-8-3-4-9-25-21;/h3-9,16H,10-15,17-18H2,1-2H3,(H,24,27)(H,26,30);1H. The van der Waals surface area contributed by atoms with Crippen molar-refractivity contribution in [3.05, 3.63) is 54.2 Å². The van der Waals surface area contributed by atoms with Crippen molar-refractivity contribution < 1.29 is 9.53 Å². The molecule has 1 saturated heterocycles. The number of nitrogens with zero attached hydrogens (tertiary/aromatic N) is 4. The fourth-order valence-corrected chi connectivity index (χ4v) is 3.56. The Hall–Kier alpha value is -2.24. The average molecular weight is 552 g/mol. The smallest absolute Gasteiger partial charge is 0.234 e. The number of aromatic nitrogens is 1. The van der Waals surface area contributed by atoms with Gasteiger partial charge in [-0.05, 0) is 23.8 Å². The summed E-state index contributed by atoms with van der Waals surface area (Å²) >= 11 is 0. The minimum absolute atomic E-state index is 0. The molecule has 0 saturated carbocycles. The maximum atomic E-state index is 12.0. The van der Waals surface area contributed by atoms with E-state index in [0.29, 0.717) is 26.2 Å². The summed E-state index contributed by atoms with van der Waals surface area (Å²) in [7, 11) is 3.44. The minimum Gasteiger partial charge on any atom is -0.383 e. The van der Waals surface area contributed by atoms with E-state index in [1.54, 1.807) is 7.11 Å². The lowest BCUT2D eigenvalue weighted by atomic mass is 10.1. The van der Waals surface area contributed by atoms with E-state index in [0.717, 1.165) is 43.4 Å². The molecule has 9 heteroatoms. The number of amides is 1. The first-order chi connectivity index (χ1) is 15.2. The largest absolute Gasteiger partial charge is 0.383 e. The third-order valence-corrected chi connectivity index (χ3v) is 5.22. The molecule has 2 aromatic rings. The summed E-state index contributed by atoms with van der Waals surface area (Å²) in [5.41, 5.74) is 3.25. The molecule has 1 amide bonds. The molecule has 174 valence electrons. The lowest BCUT2D eigenvalue weighted by Crippen LogP contribution is -2.54. The van der Waals surface area contributed by atoms with Crippen LogP contribution in [0.2, 0.25) is 0 Å². The number of guanidine groups is 1. The van der Waals surface area contributed by atoms with E-state index in [1.165, 1.54) is 5.56 Å². The summed E-state index contributed by atoms with van der Waals surface area (Å²) in [4.78, 5) is 25.3. The molecule has 1 fully saturated rings. The normalized spacial score (nSPS) is 14.6. The number of benzene rings is 1. The van der Waals surface area contributed by atoms with Gasteiger partial charge in [-0.15, -0.1) is 24.0 Å². The first-order valence-corrected chi connectivity index (χ1v) is 10.6. The van der Waals surface area contributed by atoms with E-state index in [4.69, 9.17) is 4.74 Å². The Balaban J connectivity index is 0.00000363. The van der Waals surface area contributed by atoms with E-state index in [1.807, 2.05) is 31.4 Å². The Morgan fingerprint density at radius 1 is 1.12 bits per heavy atom. The van der Waals surface area contributed by atoms with Gasteiger partial charge in [-0.25, -0.2) is 0 Å². The van der Waals surface area contributed by atoms with Crippen LogP contribution < -0.4 is 10.6 Å². The molecule has 0 unspecified atom stereocenters. The number of rotatable bonds is 8. The molecular formula is C23H33IN6O2. The van der Waals surface area contributed by atoms with Gasteiger partial charge >= 0.3 is 0 Å². The Morgan fingerprint density at radius 3 is 2.62 bits per heavy atom. The lowest BCUT2D eigenvalue weighted by molar-refractivity contribution is -0.122. The lowest BCUT2D eigenvalue weighted by Gasteiger charge is -2.36. The number of ether oxygens (including phenoxy) is 1. The summed E-state index contributed by atoms with van der Waals surface area (Å²) in [6.45, 7) is 5.51. The summed E-state index contributed by atoms with van der Waals surface area (Å²) in [5.74, 6) is 0.924. The van der Waals surface area contributed by atoms with Crippen LogP contribution in [0.25, 0.3) is 11.3 Å². The van der Waals surface area contributed by atoms with Crippen LogP contribution in [0.4, 0.5) is 0 Å². The topological polar surface area (TPSA) is 82.1 Å². The number of pyridine rings is 1. The van der Waals surface area contributed by atoms with Crippen molar-refractivity contribution in [3.8, 4) is 11.3 Å². The van der Waals surface area contributed by atoms with Gasteiger partial charge in [0, 0.05) is 65.2 Å². The van der Waals surface area contributed by atoms with Crippen molar-refractivity contribution in [2.45, 2.75) is 6.54 Å². The van der Waals surface area contributed by atoms with Gasteiger partial charge in [0.05, 0.1) is 18.8 Å². The predicted molar refractivity (Wildman–Crippen MR) is 138 cm³/mol.